The van der Waals surface area contributed by atoms with E-state index < -0.39 is 0 Å². The number of hydrogen-bond acceptors (Lipinski definition) is 3. The van der Waals surface area contributed by atoms with Crippen molar-refractivity contribution in [1.29, 1.82) is 0 Å². The van der Waals surface area contributed by atoms with Crippen LogP contribution in [-0.2, 0) is 19.4 Å². The molecular weight excluding hydrogens is 236 g/mol. The van der Waals surface area contributed by atoms with E-state index in [-0.39, 0.29) is 0 Å². The quantitative estimate of drug-likeness (QED) is 0.808. The molecule has 1 aliphatic rings. The molecule has 100 valence electrons. The van der Waals surface area contributed by atoms with Crippen molar-refractivity contribution in [3.63, 3.8) is 0 Å². The second-order valence-corrected chi connectivity index (χ2v) is 5.03. The van der Waals surface area contributed by atoms with Crippen molar-refractivity contribution in [1.82, 2.24) is 5.32 Å². The van der Waals surface area contributed by atoms with E-state index in [9.17, 15) is 0 Å². The topological polar surface area (TPSA) is 37.2 Å². The van der Waals surface area contributed by atoms with Gasteiger partial charge in [-0.05, 0) is 55.1 Å². The molecule has 0 saturated heterocycles. The maximum atomic E-state index is 5.29. The van der Waals surface area contributed by atoms with Gasteiger partial charge >= 0.3 is 0 Å². The molecule has 0 unspecified atom stereocenters. The van der Waals surface area contributed by atoms with Crippen molar-refractivity contribution in [3.05, 3.63) is 53.5 Å². The minimum atomic E-state index is 0.805. The van der Waals surface area contributed by atoms with Crippen LogP contribution < -0.4 is 10.6 Å². The minimum absolute atomic E-state index is 0.805. The fourth-order valence-electron chi connectivity index (χ4n) is 2.54. The summed E-state index contributed by atoms with van der Waals surface area (Å²) in [6, 6.07) is 10.7. The van der Waals surface area contributed by atoms with E-state index in [2.05, 4.69) is 28.8 Å². The summed E-state index contributed by atoms with van der Waals surface area (Å²) in [7, 11) is 0. The van der Waals surface area contributed by atoms with Gasteiger partial charge in [0.2, 0.25) is 0 Å². The highest BCUT2D eigenvalue weighted by molar-refractivity contribution is 5.54. The van der Waals surface area contributed by atoms with Crippen LogP contribution in [0.1, 0.15) is 23.3 Å². The summed E-state index contributed by atoms with van der Waals surface area (Å²) < 4.78 is 5.29. The molecule has 19 heavy (non-hydrogen) atoms. The summed E-state index contributed by atoms with van der Waals surface area (Å²) in [5.74, 6) is 0.995. The maximum Gasteiger partial charge on any atom is 0.117 e. The van der Waals surface area contributed by atoms with E-state index >= 15 is 0 Å². The van der Waals surface area contributed by atoms with Crippen molar-refractivity contribution in [3.8, 4) is 0 Å². The van der Waals surface area contributed by atoms with Gasteiger partial charge in [0.15, 0.2) is 0 Å². The minimum Gasteiger partial charge on any atom is -0.468 e. The van der Waals surface area contributed by atoms with Crippen molar-refractivity contribution < 1.29 is 4.42 Å². The number of anilines is 1. The second-order valence-electron chi connectivity index (χ2n) is 5.03. The van der Waals surface area contributed by atoms with Gasteiger partial charge in [-0.2, -0.15) is 0 Å². The molecule has 0 saturated carbocycles. The third-order valence-electron chi connectivity index (χ3n) is 3.58. The molecule has 2 N–H and O–H groups in total. The summed E-state index contributed by atoms with van der Waals surface area (Å²) in [5.41, 5.74) is 4.20. The smallest absolute Gasteiger partial charge is 0.117 e. The third-order valence-corrected chi connectivity index (χ3v) is 3.58. The molecule has 0 amide bonds. The van der Waals surface area contributed by atoms with E-state index in [1.54, 1.807) is 6.26 Å². The van der Waals surface area contributed by atoms with Crippen molar-refractivity contribution in [2.45, 2.75) is 25.8 Å². The predicted octanol–water partition coefficient (Wildman–Crippen LogP) is 2.97. The molecule has 1 aromatic heterocycles. The van der Waals surface area contributed by atoms with Crippen molar-refractivity contribution >= 4 is 5.69 Å². The van der Waals surface area contributed by atoms with E-state index in [4.69, 9.17) is 4.42 Å². The van der Waals surface area contributed by atoms with Gasteiger partial charge in [0, 0.05) is 12.2 Å². The zero-order valence-electron chi connectivity index (χ0n) is 11.1. The van der Waals surface area contributed by atoms with Gasteiger partial charge < -0.3 is 15.1 Å². The molecule has 0 bridgehead atoms. The molecule has 2 heterocycles. The van der Waals surface area contributed by atoms with Gasteiger partial charge in [0.25, 0.3) is 0 Å². The van der Waals surface area contributed by atoms with Gasteiger partial charge in [-0.25, -0.2) is 0 Å². The van der Waals surface area contributed by atoms with Crippen LogP contribution in [-0.4, -0.2) is 13.1 Å². The fourth-order valence-corrected chi connectivity index (χ4v) is 2.54. The highest BCUT2D eigenvalue weighted by Gasteiger charge is 2.08. The van der Waals surface area contributed by atoms with Crippen molar-refractivity contribution in [2.75, 3.05) is 18.4 Å². The van der Waals surface area contributed by atoms with Gasteiger partial charge in [0.05, 0.1) is 12.8 Å². The number of hydrogen-bond donors (Lipinski definition) is 2. The lowest BCUT2D eigenvalue weighted by Gasteiger charge is -2.18. The first-order valence-electron chi connectivity index (χ1n) is 7.00. The zero-order chi connectivity index (χ0) is 12.9. The Hall–Kier alpha value is -1.74. The Morgan fingerprint density at radius 2 is 2.26 bits per heavy atom. The van der Waals surface area contributed by atoms with E-state index in [1.165, 1.54) is 29.7 Å². The molecule has 1 aromatic carbocycles. The molecule has 1 aliphatic heterocycles. The average Bonchev–Trinajstić information content (AvgIpc) is 2.97. The summed E-state index contributed by atoms with van der Waals surface area (Å²) in [4.78, 5) is 0. The second kappa shape index (κ2) is 5.93. The number of nitrogens with one attached hydrogen (secondary N) is 2. The summed E-state index contributed by atoms with van der Waals surface area (Å²) in [6.07, 6.45) is 5.23. The lowest BCUT2D eigenvalue weighted by atomic mass is 9.99. The molecule has 0 aliphatic carbocycles. The molecule has 3 rings (SSSR count). The van der Waals surface area contributed by atoms with E-state index in [1.807, 2.05) is 12.1 Å². The Morgan fingerprint density at radius 1 is 1.26 bits per heavy atom. The van der Waals surface area contributed by atoms with Crippen LogP contribution in [0.25, 0.3) is 0 Å². The van der Waals surface area contributed by atoms with Crippen LogP contribution in [0.3, 0.4) is 0 Å². The van der Waals surface area contributed by atoms with E-state index in [0.29, 0.717) is 0 Å². The molecule has 3 heteroatoms. The first kappa shape index (κ1) is 12.3. The third kappa shape index (κ3) is 3.18. The molecule has 0 fully saturated rings. The van der Waals surface area contributed by atoms with Crippen LogP contribution in [0.4, 0.5) is 5.69 Å². The highest BCUT2D eigenvalue weighted by Crippen LogP contribution is 2.22. The SMILES string of the molecule is c1coc(CNCCc2ccc3c(c2)CCCN3)c1. The number of aryl methyl sites for hydroxylation is 1. The van der Waals surface area contributed by atoms with Gasteiger partial charge in [-0.1, -0.05) is 12.1 Å². The summed E-state index contributed by atoms with van der Waals surface area (Å²) >= 11 is 0. The maximum absolute atomic E-state index is 5.29. The molecular formula is C16H20N2O. The normalized spacial score (nSPS) is 13.9. The van der Waals surface area contributed by atoms with E-state index in [0.717, 1.165) is 31.8 Å². The Kier molecular flexibility index (Phi) is 3.84. The summed E-state index contributed by atoms with van der Waals surface area (Å²) in [5, 5.41) is 6.85. The van der Waals surface area contributed by atoms with Crippen LogP contribution in [0.2, 0.25) is 0 Å². The van der Waals surface area contributed by atoms with Crippen molar-refractivity contribution in [2.24, 2.45) is 0 Å². The predicted molar refractivity (Wildman–Crippen MR) is 77.4 cm³/mol. The fraction of sp³-hybridized carbons (Fsp3) is 0.375. The lowest BCUT2D eigenvalue weighted by Crippen LogP contribution is -2.17. The first-order chi connectivity index (χ1) is 9.42. The molecule has 3 nitrogen and oxygen atoms in total. The Morgan fingerprint density at radius 3 is 3.16 bits per heavy atom. The van der Waals surface area contributed by atoms with Gasteiger partial charge in [-0.15, -0.1) is 0 Å². The number of benzene rings is 1. The highest BCUT2D eigenvalue weighted by atomic mass is 16.3. The molecule has 0 radical (unpaired) electrons. The number of rotatable bonds is 5. The number of fused-ring (bicyclic) bond motifs is 1. The average molecular weight is 256 g/mol. The first-order valence-corrected chi connectivity index (χ1v) is 7.00. The Balaban J connectivity index is 1.50. The standard InChI is InChI=1S/C16H20N2O/c1-3-14-11-13(5-6-16(14)18-8-1)7-9-17-12-15-4-2-10-19-15/h2,4-6,10-11,17-18H,1,3,7-9,12H2. The van der Waals surface area contributed by atoms with Crippen LogP contribution >= 0.6 is 0 Å². The zero-order valence-corrected chi connectivity index (χ0v) is 11.1. The van der Waals surface area contributed by atoms with Gasteiger partial charge in [-0.3, -0.25) is 0 Å². The molecule has 2 aromatic rings. The lowest BCUT2D eigenvalue weighted by molar-refractivity contribution is 0.484. The van der Waals surface area contributed by atoms with Crippen LogP contribution in [0.15, 0.2) is 41.0 Å². The largest absolute Gasteiger partial charge is 0.468 e. The molecule has 0 atom stereocenters. The number of furan rings is 1. The Bertz CT molecular complexity index is 520. The van der Waals surface area contributed by atoms with Crippen LogP contribution in [0, 0.1) is 0 Å². The van der Waals surface area contributed by atoms with Gasteiger partial charge in [0.1, 0.15) is 5.76 Å². The molecule has 0 spiro atoms. The Labute approximate surface area is 114 Å². The summed E-state index contributed by atoms with van der Waals surface area (Å²) in [6.45, 7) is 2.89. The monoisotopic (exact) mass is 256 g/mol. The van der Waals surface area contributed by atoms with Crippen LogP contribution in [0.5, 0.6) is 0 Å².